The molecule has 1 N–H and O–H groups in total. The van der Waals surface area contributed by atoms with E-state index in [0.29, 0.717) is 40.7 Å². The Balaban J connectivity index is 1.88. The van der Waals surface area contributed by atoms with Crippen LogP contribution in [0, 0.1) is 0 Å². The number of methoxy groups -OCH3 is 2. The van der Waals surface area contributed by atoms with Crippen LogP contribution in [-0.4, -0.2) is 51.7 Å². The first kappa shape index (κ1) is 26.6. The molecule has 1 aliphatic rings. The molecule has 0 saturated carbocycles. The third-order valence-electron chi connectivity index (χ3n) is 6.38. The monoisotopic (exact) mass is 516 g/mol. The highest BCUT2D eigenvalue weighted by atomic mass is 16.5. The second-order valence-corrected chi connectivity index (χ2v) is 9.10. The quantitative estimate of drug-likeness (QED) is 0.238. The van der Waals surface area contributed by atoms with Gasteiger partial charge in [-0.2, -0.15) is 0 Å². The summed E-state index contributed by atoms with van der Waals surface area (Å²) in [5.41, 5.74) is 2.44. The van der Waals surface area contributed by atoms with Crippen LogP contribution in [0.25, 0.3) is 5.76 Å². The second-order valence-electron chi connectivity index (χ2n) is 9.10. The molecule has 1 fully saturated rings. The minimum atomic E-state index is -0.876. The van der Waals surface area contributed by atoms with Gasteiger partial charge in [0.25, 0.3) is 11.7 Å². The van der Waals surface area contributed by atoms with Crippen LogP contribution in [0.5, 0.6) is 17.2 Å². The zero-order chi connectivity index (χ0) is 27.4. The van der Waals surface area contributed by atoms with Gasteiger partial charge < -0.3 is 24.2 Å². The molecule has 4 rings (SSSR count). The zero-order valence-electron chi connectivity index (χ0n) is 22.2. The average molecular weight is 517 g/mol. The number of hydrogen-bond acceptors (Lipinski definition) is 7. The molecular formula is C30H32N2O6. The van der Waals surface area contributed by atoms with Gasteiger partial charge in [-0.15, -0.1) is 0 Å². The maximum Gasteiger partial charge on any atom is 0.300 e. The summed E-state index contributed by atoms with van der Waals surface area (Å²) in [6, 6.07) is 18.5. The molecule has 1 amide bonds. The first-order valence-corrected chi connectivity index (χ1v) is 12.3. The summed E-state index contributed by atoms with van der Waals surface area (Å²) >= 11 is 0. The van der Waals surface area contributed by atoms with Gasteiger partial charge in [-0.1, -0.05) is 19.1 Å². The lowest BCUT2D eigenvalue weighted by Crippen LogP contribution is -2.29. The van der Waals surface area contributed by atoms with Crippen molar-refractivity contribution < 1.29 is 28.9 Å². The Morgan fingerprint density at radius 3 is 2.03 bits per heavy atom. The SMILES string of the molecule is CCCOc1ccc(/C(O)=C2\C(=O)C(=O)N(c3cc(OC)cc(OC)c3)C2c2ccc(N(C)C)cc2)cc1. The number of ether oxygens (including phenoxy) is 3. The van der Waals surface area contributed by atoms with Crippen LogP contribution in [-0.2, 0) is 9.59 Å². The van der Waals surface area contributed by atoms with Crippen LogP contribution in [0.4, 0.5) is 11.4 Å². The first-order valence-electron chi connectivity index (χ1n) is 12.3. The standard InChI is InChI=1S/C30H32N2O6/c1-6-15-38-23-13-9-20(10-14-23)28(33)26-27(19-7-11-21(12-8-19)31(2)3)32(30(35)29(26)34)22-16-24(36-4)18-25(17-22)37-5/h7-14,16-18,27,33H,6,15H2,1-5H3/b28-26+. The highest BCUT2D eigenvalue weighted by Crippen LogP contribution is 2.44. The molecule has 0 radical (unpaired) electrons. The van der Waals surface area contributed by atoms with Crippen molar-refractivity contribution in [1.82, 2.24) is 0 Å². The lowest BCUT2D eigenvalue weighted by Gasteiger charge is -2.26. The number of Topliss-reactive ketones (excluding diaryl/α,β-unsaturated/α-hetero) is 1. The van der Waals surface area contributed by atoms with Crippen molar-refractivity contribution in [2.75, 3.05) is 44.7 Å². The third kappa shape index (κ3) is 5.16. The van der Waals surface area contributed by atoms with Crippen LogP contribution in [0.2, 0.25) is 0 Å². The van der Waals surface area contributed by atoms with Crippen LogP contribution in [0.1, 0.15) is 30.5 Å². The summed E-state index contributed by atoms with van der Waals surface area (Å²) in [4.78, 5) is 30.3. The summed E-state index contributed by atoms with van der Waals surface area (Å²) < 4.78 is 16.4. The molecule has 8 heteroatoms. The fourth-order valence-corrected chi connectivity index (χ4v) is 4.38. The largest absolute Gasteiger partial charge is 0.507 e. The number of carbonyl (C=O) groups excluding carboxylic acids is 2. The lowest BCUT2D eigenvalue weighted by atomic mass is 9.95. The molecule has 1 saturated heterocycles. The van der Waals surface area contributed by atoms with Gasteiger partial charge in [-0.3, -0.25) is 14.5 Å². The molecule has 3 aromatic carbocycles. The van der Waals surface area contributed by atoms with Crippen LogP contribution in [0.3, 0.4) is 0 Å². The number of aliphatic hydroxyl groups is 1. The van der Waals surface area contributed by atoms with Gasteiger partial charge in [0.2, 0.25) is 0 Å². The third-order valence-corrected chi connectivity index (χ3v) is 6.38. The van der Waals surface area contributed by atoms with Crippen molar-refractivity contribution in [1.29, 1.82) is 0 Å². The van der Waals surface area contributed by atoms with Gasteiger partial charge in [-0.25, -0.2) is 0 Å². The highest BCUT2D eigenvalue weighted by molar-refractivity contribution is 6.51. The molecule has 1 aliphatic heterocycles. The Bertz CT molecular complexity index is 1320. The molecule has 0 bridgehead atoms. The smallest absolute Gasteiger partial charge is 0.300 e. The van der Waals surface area contributed by atoms with Gasteiger partial charge in [0, 0.05) is 43.5 Å². The lowest BCUT2D eigenvalue weighted by molar-refractivity contribution is -0.132. The van der Waals surface area contributed by atoms with Crippen molar-refractivity contribution in [2.45, 2.75) is 19.4 Å². The molecule has 1 heterocycles. The number of ketones is 1. The number of hydrogen-bond donors (Lipinski definition) is 1. The summed E-state index contributed by atoms with van der Waals surface area (Å²) in [6.45, 7) is 2.59. The first-order chi connectivity index (χ1) is 18.3. The Morgan fingerprint density at radius 1 is 0.895 bits per heavy atom. The molecule has 8 nitrogen and oxygen atoms in total. The van der Waals surface area contributed by atoms with Crippen LogP contribution < -0.4 is 24.0 Å². The minimum absolute atomic E-state index is 0.00313. The Hall–Kier alpha value is -4.46. The van der Waals surface area contributed by atoms with Crippen molar-refractivity contribution in [2.24, 2.45) is 0 Å². The molecule has 0 spiro atoms. The number of nitrogens with zero attached hydrogens (tertiary/aromatic N) is 2. The van der Waals surface area contributed by atoms with Crippen molar-refractivity contribution >= 4 is 28.8 Å². The van der Waals surface area contributed by atoms with E-state index in [1.165, 1.54) is 19.1 Å². The van der Waals surface area contributed by atoms with Gasteiger partial charge >= 0.3 is 0 Å². The van der Waals surface area contributed by atoms with E-state index in [1.807, 2.05) is 50.2 Å². The van der Waals surface area contributed by atoms with E-state index in [2.05, 4.69) is 0 Å². The van der Waals surface area contributed by atoms with E-state index in [-0.39, 0.29) is 11.3 Å². The van der Waals surface area contributed by atoms with E-state index < -0.39 is 17.7 Å². The fraction of sp³-hybridized carbons (Fsp3) is 0.267. The number of carbonyl (C=O) groups is 2. The minimum Gasteiger partial charge on any atom is -0.507 e. The predicted octanol–water partition coefficient (Wildman–Crippen LogP) is 5.18. The second kappa shape index (κ2) is 11.3. The number of anilines is 2. The van der Waals surface area contributed by atoms with E-state index in [1.54, 1.807) is 42.5 Å². The fourth-order valence-electron chi connectivity index (χ4n) is 4.38. The topological polar surface area (TPSA) is 88.5 Å². The van der Waals surface area contributed by atoms with Gasteiger partial charge in [0.1, 0.15) is 23.0 Å². The van der Waals surface area contributed by atoms with Gasteiger partial charge in [0.15, 0.2) is 0 Å². The molecule has 1 unspecified atom stereocenters. The predicted molar refractivity (Wildman–Crippen MR) is 147 cm³/mol. The normalized spacial score (nSPS) is 16.4. The summed E-state index contributed by atoms with van der Waals surface area (Å²) in [6.07, 6.45) is 0.868. The van der Waals surface area contributed by atoms with E-state index in [9.17, 15) is 14.7 Å². The number of benzene rings is 3. The van der Waals surface area contributed by atoms with Crippen LogP contribution >= 0.6 is 0 Å². The Labute approximate surface area is 222 Å². The molecule has 38 heavy (non-hydrogen) atoms. The van der Waals surface area contributed by atoms with E-state index >= 15 is 0 Å². The maximum atomic E-state index is 13.5. The van der Waals surface area contributed by atoms with Crippen molar-refractivity contribution in [3.8, 4) is 17.2 Å². The molecule has 198 valence electrons. The summed E-state index contributed by atoms with van der Waals surface area (Å²) in [5, 5.41) is 11.4. The Kier molecular flexibility index (Phi) is 7.90. The summed E-state index contributed by atoms with van der Waals surface area (Å²) in [5.74, 6) is -0.215. The van der Waals surface area contributed by atoms with Gasteiger partial charge in [0.05, 0.1) is 38.1 Å². The molecule has 3 aromatic rings. The highest BCUT2D eigenvalue weighted by Gasteiger charge is 2.47. The Morgan fingerprint density at radius 2 is 1.50 bits per heavy atom. The average Bonchev–Trinajstić information content (AvgIpc) is 3.21. The zero-order valence-corrected chi connectivity index (χ0v) is 22.2. The number of aliphatic hydroxyl groups excluding tert-OH is 1. The van der Waals surface area contributed by atoms with Crippen molar-refractivity contribution in [3.05, 3.63) is 83.4 Å². The number of rotatable bonds is 9. The molecule has 1 atom stereocenters. The summed E-state index contributed by atoms with van der Waals surface area (Å²) in [7, 11) is 6.88. The molecule has 0 aliphatic carbocycles. The van der Waals surface area contributed by atoms with Crippen molar-refractivity contribution in [3.63, 3.8) is 0 Å². The maximum absolute atomic E-state index is 13.5. The number of amides is 1. The van der Waals surface area contributed by atoms with E-state index in [0.717, 1.165) is 12.1 Å². The van der Waals surface area contributed by atoms with E-state index in [4.69, 9.17) is 14.2 Å². The molecule has 0 aromatic heterocycles. The van der Waals surface area contributed by atoms with Crippen LogP contribution in [0.15, 0.2) is 72.3 Å². The molecular weight excluding hydrogens is 484 g/mol. The van der Waals surface area contributed by atoms with Gasteiger partial charge in [-0.05, 0) is 48.4 Å².